The van der Waals surface area contributed by atoms with Gasteiger partial charge in [-0.05, 0) is 46.6 Å². The molecule has 0 saturated heterocycles. The summed E-state index contributed by atoms with van der Waals surface area (Å²) in [6.07, 6.45) is -1.20. The zero-order valence-corrected chi connectivity index (χ0v) is 13.3. The molecule has 0 atom stereocenters. The van der Waals surface area contributed by atoms with Crippen LogP contribution < -0.4 is 0 Å². The lowest BCUT2D eigenvalue weighted by Crippen LogP contribution is -2.04. The topological polar surface area (TPSA) is 51.8 Å². The Labute approximate surface area is 137 Å². The van der Waals surface area contributed by atoms with Crippen molar-refractivity contribution in [2.45, 2.75) is 13.1 Å². The molecule has 23 heavy (non-hydrogen) atoms. The lowest BCUT2D eigenvalue weighted by Gasteiger charge is -2.06. The zero-order valence-electron chi connectivity index (χ0n) is 11.7. The molecule has 0 unspecified atom stereocenters. The number of aryl methyl sites for hydroxylation is 1. The van der Waals surface area contributed by atoms with Crippen LogP contribution in [-0.2, 0) is 6.18 Å². The summed E-state index contributed by atoms with van der Waals surface area (Å²) in [5.74, 6) is 0.304. The van der Waals surface area contributed by atoms with Gasteiger partial charge in [0.15, 0.2) is 0 Å². The molecule has 0 aliphatic rings. The van der Waals surface area contributed by atoms with Crippen LogP contribution in [0.15, 0.2) is 45.7 Å². The molecule has 1 aromatic carbocycles. The van der Waals surface area contributed by atoms with Gasteiger partial charge in [0.2, 0.25) is 5.82 Å². The highest BCUT2D eigenvalue weighted by molar-refractivity contribution is 9.10. The average Bonchev–Trinajstić information content (AvgIpc) is 2.96. The van der Waals surface area contributed by atoms with Crippen molar-refractivity contribution in [2.75, 3.05) is 0 Å². The first-order chi connectivity index (χ1) is 10.9. The number of hydrogen-bond acceptors (Lipinski definition) is 4. The van der Waals surface area contributed by atoms with E-state index in [0.29, 0.717) is 10.0 Å². The molecule has 3 rings (SSSR count). The minimum absolute atomic E-state index is 0.0224. The highest BCUT2D eigenvalue weighted by Crippen LogP contribution is 2.33. The Morgan fingerprint density at radius 3 is 2.65 bits per heavy atom. The van der Waals surface area contributed by atoms with Crippen LogP contribution in [0.1, 0.15) is 11.1 Å². The molecule has 0 N–H and O–H groups in total. The summed E-state index contributed by atoms with van der Waals surface area (Å²) in [6.45, 7) is 1.83. The molecule has 0 saturated carbocycles. The van der Waals surface area contributed by atoms with E-state index in [1.807, 2.05) is 6.92 Å². The van der Waals surface area contributed by atoms with Gasteiger partial charge in [0.05, 0.1) is 5.56 Å². The van der Waals surface area contributed by atoms with E-state index in [9.17, 15) is 13.2 Å². The monoisotopic (exact) mass is 383 g/mol. The minimum atomic E-state index is -4.43. The van der Waals surface area contributed by atoms with Gasteiger partial charge in [-0.25, -0.2) is 0 Å². The molecule has 8 heteroatoms. The fraction of sp³-hybridized carbons (Fsp3) is 0.133. The van der Waals surface area contributed by atoms with E-state index in [2.05, 4.69) is 31.1 Å². The third-order valence-corrected chi connectivity index (χ3v) is 3.78. The number of rotatable bonds is 2. The third-order valence-electron chi connectivity index (χ3n) is 3.18. The summed E-state index contributed by atoms with van der Waals surface area (Å²) in [7, 11) is 0. The summed E-state index contributed by atoms with van der Waals surface area (Å²) in [6, 6.07) is 4.76. The number of aromatic nitrogens is 3. The maximum atomic E-state index is 12.8. The zero-order chi connectivity index (χ0) is 16.6. The molecule has 0 amide bonds. The predicted molar refractivity (Wildman–Crippen MR) is 80.4 cm³/mol. The quantitative estimate of drug-likeness (QED) is 0.632. The smallest absolute Gasteiger partial charge is 0.334 e. The van der Waals surface area contributed by atoms with Gasteiger partial charge >= 0.3 is 6.18 Å². The lowest BCUT2D eigenvalue weighted by atomic mass is 10.1. The SMILES string of the molecule is Cc1cncc(Br)c1-c1noc(-c2cccc(C(F)(F)F)c2)n1. The number of pyridine rings is 1. The summed E-state index contributed by atoms with van der Waals surface area (Å²) in [4.78, 5) is 8.21. The Morgan fingerprint density at radius 1 is 1.17 bits per heavy atom. The van der Waals surface area contributed by atoms with Crippen molar-refractivity contribution < 1.29 is 17.7 Å². The maximum absolute atomic E-state index is 12.8. The van der Waals surface area contributed by atoms with Crippen LogP contribution in [-0.4, -0.2) is 15.1 Å². The van der Waals surface area contributed by atoms with Crippen LogP contribution in [0, 0.1) is 6.92 Å². The standard InChI is InChI=1S/C15H9BrF3N3O/c1-8-6-20-7-11(16)12(8)13-21-14(23-22-13)9-3-2-4-10(5-9)15(17,18)19/h2-7H,1H3. The van der Waals surface area contributed by atoms with Crippen molar-refractivity contribution in [1.29, 1.82) is 0 Å². The fourth-order valence-electron chi connectivity index (χ4n) is 2.09. The van der Waals surface area contributed by atoms with Crippen molar-refractivity contribution >= 4 is 15.9 Å². The lowest BCUT2D eigenvalue weighted by molar-refractivity contribution is -0.137. The summed E-state index contributed by atoms with van der Waals surface area (Å²) < 4.78 is 44.1. The number of nitrogens with zero attached hydrogens (tertiary/aromatic N) is 3. The molecule has 0 aliphatic carbocycles. The molecule has 0 bridgehead atoms. The Bertz CT molecular complexity index is 841. The van der Waals surface area contributed by atoms with Crippen LogP contribution in [0.3, 0.4) is 0 Å². The van der Waals surface area contributed by atoms with Crippen molar-refractivity contribution in [1.82, 2.24) is 15.1 Å². The first-order valence-electron chi connectivity index (χ1n) is 6.48. The van der Waals surface area contributed by atoms with Crippen LogP contribution in [0.2, 0.25) is 0 Å². The molecular weight excluding hydrogens is 375 g/mol. The van der Waals surface area contributed by atoms with Gasteiger partial charge in [0, 0.05) is 28.0 Å². The van der Waals surface area contributed by atoms with E-state index in [1.165, 1.54) is 12.1 Å². The van der Waals surface area contributed by atoms with Gasteiger partial charge in [0.1, 0.15) is 0 Å². The number of halogens is 4. The minimum Gasteiger partial charge on any atom is -0.334 e. The molecule has 0 radical (unpaired) electrons. The number of hydrogen-bond donors (Lipinski definition) is 0. The fourth-order valence-corrected chi connectivity index (χ4v) is 2.69. The van der Waals surface area contributed by atoms with Crippen LogP contribution in [0.25, 0.3) is 22.8 Å². The first-order valence-corrected chi connectivity index (χ1v) is 7.27. The molecule has 118 valence electrons. The number of benzene rings is 1. The summed E-state index contributed by atoms with van der Waals surface area (Å²) >= 11 is 3.35. The van der Waals surface area contributed by atoms with E-state index in [4.69, 9.17) is 4.52 Å². The highest BCUT2D eigenvalue weighted by atomic mass is 79.9. The van der Waals surface area contributed by atoms with Crippen molar-refractivity contribution in [3.8, 4) is 22.8 Å². The largest absolute Gasteiger partial charge is 0.416 e. The molecule has 0 aliphatic heterocycles. The second kappa shape index (κ2) is 5.77. The van der Waals surface area contributed by atoms with Crippen molar-refractivity contribution in [2.24, 2.45) is 0 Å². The highest BCUT2D eigenvalue weighted by Gasteiger charge is 2.31. The maximum Gasteiger partial charge on any atom is 0.416 e. The third kappa shape index (κ3) is 3.12. The van der Waals surface area contributed by atoms with Crippen LogP contribution >= 0.6 is 15.9 Å². The van der Waals surface area contributed by atoms with Gasteiger partial charge in [0.25, 0.3) is 5.89 Å². The van der Waals surface area contributed by atoms with Crippen molar-refractivity contribution in [3.63, 3.8) is 0 Å². The Morgan fingerprint density at radius 2 is 1.96 bits per heavy atom. The van der Waals surface area contributed by atoms with E-state index in [1.54, 1.807) is 12.4 Å². The van der Waals surface area contributed by atoms with Crippen LogP contribution in [0.4, 0.5) is 13.2 Å². The van der Waals surface area contributed by atoms with Gasteiger partial charge < -0.3 is 4.52 Å². The van der Waals surface area contributed by atoms with Gasteiger partial charge in [-0.3, -0.25) is 4.98 Å². The second-order valence-corrected chi connectivity index (χ2v) is 5.67. The van der Waals surface area contributed by atoms with E-state index >= 15 is 0 Å². The van der Waals surface area contributed by atoms with Gasteiger partial charge in [-0.2, -0.15) is 18.2 Å². The molecule has 4 nitrogen and oxygen atoms in total. The number of alkyl halides is 3. The first kappa shape index (κ1) is 15.7. The summed E-state index contributed by atoms with van der Waals surface area (Å²) in [5, 5.41) is 3.85. The van der Waals surface area contributed by atoms with Gasteiger partial charge in [-0.1, -0.05) is 11.2 Å². The molecule has 2 aromatic heterocycles. The van der Waals surface area contributed by atoms with E-state index in [-0.39, 0.29) is 17.3 Å². The molecular formula is C15H9BrF3N3O. The van der Waals surface area contributed by atoms with Crippen molar-refractivity contribution in [3.05, 3.63) is 52.3 Å². The second-order valence-electron chi connectivity index (χ2n) is 4.81. The van der Waals surface area contributed by atoms with E-state index < -0.39 is 11.7 Å². The van der Waals surface area contributed by atoms with E-state index in [0.717, 1.165) is 17.7 Å². The Hall–Kier alpha value is -2.22. The predicted octanol–water partition coefficient (Wildman–Crippen LogP) is 4.89. The molecule has 3 aromatic rings. The molecule has 2 heterocycles. The summed E-state index contributed by atoms with van der Waals surface area (Å²) in [5.41, 5.74) is 0.940. The Balaban J connectivity index is 2.03. The van der Waals surface area contributed by atoms with Crippen LogP contribution in [0.5, 0.6) is 0 Å². The molecule has 0 spiro atoms. The molecule has 0 fully saturated rings. The Kier molecular flexibility index (Phi) is 3.93. The normalized spacial score (nSPS) is 11.7. The van der Waals surface area contributed by atoms with Gasteiger partial charge in [-0.15, -0.1) is 0 Å². The average molecular weight is 384 g/mol.